The highest BCUT2D eigenvalue weighted by Gasteiger charge is 2.37. The van der Waals surface area contributed by atoms with Crippen molar-refractivity contribution in [2.24, 2.45) is 0 Å². The molecule has 2 heterocycles. The summed E-state index contributed by atoms with van der Waals surface area (Å²) in [5.74, 6) is -1.22. The molecule has 3 rings (SSSR count). The lowest BCUT2D eigenvalue weighted by molar-refractivity contribution is -0.134. The van der Waals surface area contributed by atoms with Gasteiger partial charge < -0.3 is 29.3 Å². The van der Waals surface area contributed by atoms with E-state index >= 15 is 0 Å². The molecule has 1 aromatic heterocycles. The molecule has 3 amide bonds. The van der Waals surface area contributed by atoms with Crippen molar-refractivity contribution in [3.05, 3.63) is 53.3 Å². The first-order valence-electron chi connectivity index (χ1n) is 11.8. The van der Waals surface area contributed by atoms with E-state index in [2.05, 4.69) is 10.3 Å². The Kier molecular flexibility index (Phi) is 10.0. The van der Waals surface area contributed by atoms with Crippen molar-refractivity contribution < 1.29 is 33.1 Å². The lowest BCUT2D eigenvalue weighted by atomic mass is 10.1. The van der Waals surface area contributed by atoms with Crippen LogP contribution in [-0.2, 0) is 18.4 Å². The third kappa shape index (κ3) is 7.75. The first-order valence-corrected chi connectivity index (χ1v) is 13.9. The van der Waals surface area contributed by atoms with Gasteiger partial charge in [0.05, 0.1) is 19.4 Å². The Morgan fingerprint density at radius 1 is 1.03 bits per heavy atom. The normalized spacial score (nSPS) is 14.8. The second-order valence-electron chi connectivity index (χ2n) is 8.18. The van der Waals surface area contributed by atoms with Gasteiger partial charge in [0.1, 0.15) is 16.9 Å². The maximum Gasteiger partial charge on any atom is 0.407 e. The number of pyridine rings is 1. The lowest BCUT2D eigenvalue weighted by Gasteiger charge is -2.35. The van der Waals surface area contributed by atoms with Gasteiger partial charge in [0, 0.05) is 26.2 Å². The van der Waals surface area contributed by atoms with Gasteiger partial charge in [0.2, 0.25) is 5.91 Å². The fourth-order valence-electron chi connectivity index (χ4n) is 3.93. The van der Waals surface area contributed by atoms with E-state index in [0.717, 1.165) is 5.56 Å². The average molecular weight is 553 g/mol. The van der Waals surface area contributed by atoms with Gasteiger partial charge in [-0.1, -0.05) is 41.9 Å². The van der Waals surface area contributed by atoms with Crippen LogP contribution < -0.4 is 5.32 Å². The molecular formula is C24H30ClN4O7P. The number of amides is 3. The van der Waals surface area contributed by atoms with Crippen LogP contribution in [0.5, 0.6) is 0 Å². The number of carbonyl (C=O) groups excluding carboxylic acids is 2. The quantitative estimate of drug-likeness (QED) is 0.337. The Morgan fingerprint density at radius 2 is 1.62 bits per heavy atom. The molecule has 1 saturated heterocycles. The van der Waals surface area contributed by atoms with Crippen LogP contribution in [0.15, 0.2) is 42.5 Å². The minimum atomic E-state index is -3.74. The number of piperazine rings is 1. The largest absolute Gasteiger partial charge is 0.465 e. The van der Waals surface area contributed by atoms with Crippen LogP contribution in [0.1, 0.15) is 24.3 Å². The number of rotatable bonds is 10. The van der Waals surface area contributed by atoms with Gasteiger partial charge in [-0.2, -0.15) is 0 Å². The molecule has 0 unspecified atom stereocenters. The monoisotopic (exact) mass is 552 g/mol. The Bertz CT molecular complexity index is 1150. The Morgan fingerprint density at radius 3 is 2.19 bits per heavy atom. The summed E-state index contributed by atoms with van der Waals surface area (Å²) < 4.78 is 24.0. The summed E-state index contributed by atoms with van der Waals surface area (Å²) in [6.45, 7) is 3.94. The number of hydrogen-bond donors (Lipinski definition) is 2. The second-order valence-corrected chi connectivity index (χ2v) is 10.7. The first-order chi connectivity index (χ1) is 17.7. The van der Waals surface area contributed by atoms with Crippen molar-refractivity contribution in [1.29, 1.82) is 0 Å². The van der Waals surface area contributed by atoms with Gasteiger partial charge in [-0.25, -0.2) is 9.78 Å². The van der Waals surface area contributed by atoms with Crippen molar-refractivity contribution in [3.63, 3.8) is 0 Å². The third-order valence-corrected chi connectivity index (χ3v) is 7.97. The van der Waals surface area contributed by atoms with Crippen LogP contribution in [0, 0.1) is 0 Å². The first kappa shape index (κ1) is 28.6. The minimum Gasteiger partial charge on any atom is -0.465 e. The maximum absolute atomic E-state index is 13.4. The number of benzene rings is 1. The molecule has 2 aromatic rings. The third-order valence-electron chi connectivity index (χ3n) is 5.66. The Balaban J connectivity index is 1.86. The van der Waals surface area contributed by atoms with E-state index < -0.39 is 37.7 Å². The Hall–Kier alpha value is -2.98. The van der Waals surface area contributed by atoms with Crippen LogP contribution in [0.4, 0.5) is 4.79 Å². The summed E-state index contributed by atoms with van der Waals surface area (Å²) in [6, 6.07) is 11.2. The van der Waals surface area contributed by atoms with Gasteiger partial charge in [-0.05, 0) is 37.1 Å². The van der Waals surface area contributed by atoms with Gasteiger partial charge >= 0.3 is 13.7 Å². The van der Waals surface area contributed by atoms with E-state index in [0.29, 0.717) is 5.56 Å². The van der Waals surface area contributed by atoms with E-state index in [9.17, 15) is 24.1 Å². The molecule has 0 bridgehead atoms. The molecule has 1 atom stereocenters. The van der Waals surface area contributed by atoms with E-state index in [1.165, 1.54) is 9.80 Å². The number of carbonyl (C=O) groups is 3. The zero-order valence-electron chi connectivity index (χ0n) is 20.6. The standard InChI is InChI=1S/C24H30ClN4O7P/c1-3-35-37(34,36-4-2)16-20(23(31)28-10-12-29(13-11-28)24(32)33)27-22(30)19-14-18(15-21(25)26-19)17-8-6-5-7-9-17/h5-9,14-15,20H,3-4,10-13,16H2,1-2H3,(H,27,30)(H,32,33)/t20-/m0/s1. The summed E-state index contributed by atoms with van der Waals surface area (Å²) in [7, 11) is -3.74. The van der Waals surface area contributed by atoms with Gasteiger partial charge in [-0.3, -0.25) is 14.2 Å². The predicted molar refractivity (Wildman–Crippen MR) is 138 cm³/mol. The van der Waals surface area contributed by atoms with Crippen molar-refractivity contribution >= 4 is 37.1 Å². The summed E-state index contributed by atoms with van der Waals surface area (Å²) in [5.41, 5.74) is 1.46. The zero-order valence-corrected chi connectivity index (χ0v) is 22.3. The van der Waals surface area contributed by atoms with Crippen LogP contribution in [-0.4, -0.2) is 89.4 Å². The van der Waals surface area contributed by atoms with Crippen molar-refractivity contribution in [3.8, 4) is 11.1 Å². The van der Waals surface area contributed by atoms with Crippen LogP contribution >= 0.6 is 19.2 Å². The van der Waals surface area contributed by atoms with Gasteiger partial charge in [0.25, 0.3) is 5.91 Å². The highest BCUT2D eigenvalue weighted by atomic mass is 35.5. The van der Waals surface area contributed by atoms with Crippen LogP contribution in [0.3, 0.4) is 0 Å². The highest BCUT2D eigenvalue weighted by molar-refractivity contribution is 7.54. The number of nitrogens with one attached hydrogen (secondary N) is 1. The fourth-order valence-corrected chi connectivity index (χ4v) is 5.90. The molecule has 0 radical (unpaired) electrons. The molecule has 1 aliphatic rings. The van der Waals surface area contributed by atoms with E-state index in [4.69, 9.17) is 20.6 Å². The molecule has 1 aliphatic heterocycles. The molecule has 37 heavy (non-hydrogen) atoms. The molecule has 0 saturated carbocycles. The SMILES string of the molecule is CCOP(=O)(C[C@H](NC(=O)c1cc(-c2ccccc2)cc(Cl)n1)C(=O)N1CCN(C(=O)O)CC1)OCC. The molecule has 2 N–H and O–H groups in total. The number of nitrogens with zero attached hydrogens (tertiary/aromatic N) is 3. The van der Waals surface area contributed by atoms with E-state index in [-0.39, 0.29) is 50.2 Å². The maximum atomic E-state index is 13.4. The summed E-state index contributed by atoms with van der Waals surface area (Å²) >= 11 is 6.19. The molecule has 1 fully saturated rings. The molecule has 0 spiro atoms. The van der Waals surface area contributed by atoms with Gasteiger partial charge in [-0.15, -0.1) is 0 Å². The molecular weight excluding hydrogens is 523 g/mol. The molecule has 0 aliphatic carbocycles. The predicted octanol–water partition coefficient (Wildman–Crippen LogP) is 3.59. The molecule has 11 nitrogen and oxygen atoms in total. The van der Waals surface area contributed by atoms with Crippen molar-refractivity contribution in [2.45, 2.75) is 19.9 Å². The average Bonchev–Trinajstić information content (AvgIpc) is 2.88. The highest BCUT2D eigenvalue weighted by Crippen LogP contribution is 2.48. The summed E-state index contributed by atoms with van der Waals surface area (Å²) in [5, 5.41) is 11.9. The smallest absolute Gasteiger partial charge is 0.407 e. The van der Waals surface area contributed by atoms with E-state index in [1.807, 2.05) is 30.3 Å². The van der Waals surface area contributed by atoms with Gasteiger partial charge in [0.15, 0.2) is 0 Å². The van der Waals surface area contributed by atoms with Crippen LogP contribution in [0.2, 0.25) is 5.15 Å². The number of hydrogen-bond acceptors (Lipinski definition) is 7. The molecule has 1 aromatic carbocycles. The lowest BCUT2D eigenvalue weighted by Crippen LogP contribution is -2.56. The Labute approximate surface area is 220 Å². The summed E-state index contributed by atoms with van der Waals surface area (Å²) in [6.07, 6.45) is -1.47. The summed E-state index contributed by atoms with van der Waals surface area (Å²) in [4.78, 5) is 44.7. The van der Waals surface area contributed by atoms with E-state index in [1.54, 1.807) is 26.0 Å². The fraction of sp³-hybridized carbons (Fsp3) is 0.417. The molecule has 200 valence electrons. The number of halogens is 1. The minimum absolute atomic E-state index is 0.0255. The number of aromatic nitrogens is 1. The van der Waals surface area contributed by atoms with Crippen molar-refractivity contribution in [2.75, 3.05) is 45.6 Å². The topological polar surface area (TPSA) is 138 Å². The zero-order chi connectivity index (χ0) is 27.0. The second kappa shape index (κ2) is 13.0. The van der Waals surface area contributed by atoms with Crippen LogP contribution in [0.25, 0.3) is 11.1 Å². The molecule has 13 heteroatoms. The van der Waals surface area contributed by atoms with Crippen molar-refractivity contribution in [1.82, 2.24) is 20.1 Å². The number of carboxylic acid groups (broad SMARTS) is 1.